The Kier molecular flexibility index (Phi) is 6.54. The van der Waals surface area contributed by atoms with Crippen LogP contribution in [0.15, 0.2) is 78.9 Å². The molecule has 0 bridgehead atoms. The van der Waals surface area contributed by atoms with Gasteiger partial charge in [0.2, 0.25) is 0 Å². The predicted octanol–water partition coefficient (Wildman–Crippen LogP) is 5.31. The minimum Gasteiger partial charge on any atom is -0.494 e. The fraction of sp³-hybridized carbons (Fsp3) is 0.207. The smallest absolute Gasteiger partial charge is 0.257 e. The standard InChI is InChI=1S/C29H29N5O2/c1-3-36-22-17-15-21(16-18-22)34-27(30)25(26-28(34)33-24-12-8-7-11-23(24)32-26)29(35)31-19(2)13-14-20-9-5-4-6-10-20/h4-12,15-19H,3,13-14,30H2,1-2H3,(H,31,35)/t19-/m1/s1. The highest BCUT2D eigenvalue weighted by Crippen LogP contribution is 2.31. The molecule has 182 valence electrons. The van der Waals surface area contributed by atoms with Gasteiger partial charge in [0.25, 0.3) is 5.91 Å². The highest BCUT2D eigenvalue weighted by atomic mass is 16.5. The number of nitrogen functional groups attached to an aromatic ring is 1. The van der Waals surface area contributed by atoms with E-state index >= 15 is 0 Å². The van der Waals surface area contributed by atoms with Crippen molar-refractivity contribution in [2.75, 3.05) is 12.3 Å². The molecule has 7 heteroatoms. The number of benzene rings is 3. The Bertz CT molecular complexity index is 1510. The van der Waals surface area contributed by atoms with Crippen molar-refractivity contribution < 1.29 is 9.53 Å². The third kappa shape index (κ3) is 4.60. The van der Waals surface area contributed by atoms with E-state index in [-0.39, 0.29) is 11.9 Å². The molecule has 3 N–H and O–H groups in total. The lowest BCUT2D eigenvalue weighted by molar-refractivity contribution is 0.0941. The molecule has 1 atom stereocenters. The largest absolute Gasteiger partial charge is 0.494 e. The van der Waals surface area contributed by atoms with Crippen molar-refractivity contribution in [3.63, 3.8) is 0 Å². The molecule has 1 amide bonds. The van der Waals surface area contributed by atoms with Crippen LogP contribution in [0.3, 0.4) is 0 Å². The number of hydrogen-bond donors (Lipinski definition) is 2. The molecule has 0 aliphatic rings. The van der Waals surface area contributed by atoms with Crippen LogP contribution in [-0.2, 0) is 6.42 Å². The number of fused-ring (bicyclic) bond motifs is 2. The molecular weight excluding hydrogens is 450 g/mol. The van der Waals surface area contributed by atoms with Crippen LogP contribution in [0.1, 0.15) is 36.2 Å². The first kappa shape index (κ1) is 23.4. The summed E-state index contributed by atoms with van der Waals surface area (Å²) in [6, 6.07) is 25.4. The number of amides is 1. The Morgan fingerprint density at radius 1 is 0.972 bits per heavy atom. The number of para-hydroxylation sites is 2. The van der Waals surface area contributed by atoms with Gasteiger partial charge in [-0.3, -0.25) is 9.36 Å². The second-order valence-electron chi connectivity index (χ2n) is 8.81. The summed E-state index contributed by atoms with van der Waals surface area (Å²) >= 11 is 0. The van der Waals surface area contributed by atoms with Crippen molar-refractivity contribution in [3.05, 3.63) is 90.0 Å². The number of nitrogens with one attached hydrogen (secondary N) is 1. The molecule has 0 aliphatic carbocycles. The zero-order valence-electron chi connectivity index (χ0n) is 20.4. The fourth-order valence-corrected chi connectivity index (χ4v) is 4.40. The molecule has 7 nitrogen and oxygen atoms in total. The van der Waals surface area contributed by atoms with Gasteiger partial charge >= 0.3 is 0 Å². The van der Waals surface area contributed by atoms with Gasteiger partial charge in [-0.2, -0.15) is 0 Å². The van der Waals surface area contributed by atoms with Crippen LogP contribution in [0.5, 0.6) is 5.75 Å². The normalized spacial score (nSPS) is 12.1. The Balaban J connectivity index is 1.53. The van der Waals surface area contributed by atoms with Crippen molar-refractivity contribution in [2.24, 2.45) is 0 Å². The van der Waals surface area contributed by atoms with E-state index in [0.29, 0.717) is 34.7 Å². The Morgan fingerprint density at radius 2 is 1.64 bits per heavy atom. The summed E-state index contributed by atoms with van der Waals surface area (Å²) in [6.07, 6.45) is 1.68. The molecule has 0 unspecified atom stereocenters. The van der Waals surface area contributed by atoms with E-state index in [0.717, 1.165) is 29.8 Å². The van der Waals surface area contributed by atoms with Gasteiger partial charge in [0, 0.05) is 11.7 Å². The molecule has 2 heterocycles. The predicted molar refractivity (Wildman–Crippen MR) is 144 cm³/mol. The second kappa shape index (κ2) is 10.1. The molecule has 0 saturated carbocycles. The number of carbonyl (C=O) groups is 1. The van der Waals surface area contributed by atoms with Gasteiger partial charge in [-0.05, 0) is 68.7 Å². The van der Waals surface area contributed by atoms with E-state index in [2.05, 4.69) is 17.4 Å². The quantitative estimate of drug-likeness (QED) is 0.315. The number of nitrogens with two attached hydrogens (primary N) is 1. The molecule has 0 aliphatic heterocycles. The third-order valence-corrected chi connectivity index (χ3v) is 6.22. The lowest BCUT2D eigenvalue weighted by Crippen LogP contribution is -2.33. The van der Waals surface area contributed by atoms with E-state index < -0.39 is 0 Å². The van der Waals surface area contributed by atoms with Gasteiger partial charge in [-0.1, -0.05) is 42.5 Å². The first-order valence-electron chi connectivity index (χ1n) is 12.2. The zero-order valence-corrected chi connectivity index (χ0v) is 20.4. The number of hydrogen-bond acceptors (Lipinski definition) is 5. The molecule has 3 aromatic carbocycles. The average molecular weight is 480 g/mol. The summed E-state index contributed by atoms with van der Waals surface area (Å²) in [6.45, 7) is 4.53. The number of aromatic nitrogens is 3. The van der Waals surface area contributed by atoms with Gasteiger partial charge in [-0.15, -0.1) is 0 Å². The van der Waals surface area contributed by atoms with Crippen LogP contribution in [0.2, 0.25) is 0 Å². The van der Waals surface area contributed by atoms with Crippen molar-refractivity contribution in [2.45, 2.75) is 32.7 Å². The molecule has 36 heavy (non-hydrogen) atoms. The highest BCUT2D eigenvalue weighted by molar-refractivity contribution is 6.11. The topological polar surface area (TPSA) is 95.1 Å². The summed E-state index contributed by atoms with van der Waals surface area (Å²) in [4.78, 5) is 23.2. The lowest BCUT2D eigenvalue weighted by atomic mass is 10.1. The van der Waals surface area contributed by atoms with Gasteiger partial charge in [0.15, 0.2) is 5.65 Å². The SMILES string of the molecule is CCOc1ccc(-n2c(N)c(C(=O)N[C@H](C)CCc3ccccc3)c3nc4ccccc4nc32)cc1. The molecule has 0 radical (unpaired) electrons. The number of carbonyl (C=O) groups excluding carboxylic acids is 1. The molecule has 5 aromatic rings. The summed E-state index contributed by atoms with van der Waals surface area (Å²) in [5, 5.41) is 3.12. The molecule has 5 rings (SSSR count). The maximum Gasteiger partial charge on any atom is 0.257 e. The summed E-state index contributed by atoms with van der Waals surface area (Å²) in [5.41, 5.74) is 11.5. The third-order valence-electron chi connectivity index (χ3n) is 6.22. The zero-order chi connectivity index (χ0) is 25.1. The molecule has 0 fully saturated rings. The second-order valence-corrected chi connectivity index (χ2v) is 8.81. The maximum atomic E-state index is 13.5. The van der Waals surface area contributed by atoms with Gasteiger partial charge < -0.3 is 15.8 Å². The van der Waals surface area contributed by atoms with Crippen LogP contribution in [0.25, 0.3) is 27.9 Å². The maximum absolute atomic E-state index is 13.5. The van der Waals surface area contributed by atoms with Crippen LogP contribution < -0.4 is 15.8 Å². The highest BCUT2D eigenvalue weighted by Gasteiger charge is 2.25. The molecule has 2 aromatic heterocycles. The number of rotatable bonds is 8. The summed E-state index contributed by atoms with van der Waals surface area (Å²) in [7, 11) is 0. The first-order valence-corrected chi connectivity index (χ1v) is 12.2. The molecule has 0 spiro atoms. The van der Waals surface area contributed by atoms with E-state index in [1.54, 1.807) is 4.57 Å². The van der Waals surface area contributed by atoms with E-state index in [1.807, 2.05) is 80.6 Å². The lowest BCUT2D eigenvalue weighted by Gasteiger charge is -2.14. The van der Waals surface area contributed by atoms with E-state index in [1.165, 1.54) is 5.56 Å². The summed E-state index contributed by atoms with van der Waals surface area (Å²) < 4.78 is 7.37. The average Bonchev–Trinajstić information content (AvgIpc) is 3.18. The minimum absolute atomic E-state index is 0.0469. The number of anilines is 1. The van der Waals surface area contributed by atoms with Gasteiger partial charge in [0.05, 0.1) is 17.6 Å². The fourth-order valence-electron chi connectivity index (χ4n) is 4.40. The first-order chi connectivity index (χ1) is 17.5. The van der Waals surface area contributed by atoms with Crippen molar-refractivity contribution >= 4 is 33.9 Å². The van der Waals surface area contributed by atoms with Crippen LogP contribution >= 0.6 is 0 Å². The van der Waals surface area contributed by atoms with Crippen LogP contribution in [0.4, 0.5) is 5.82 Å². The number of ether oxygens (including phenoxy) is 1. The summed E-state index contributed by atoms with van der Waals surface area (Å²) in [5.74, 6) is 0.808. The van der Waals surface area contributed by atoms with Crippen molar-refractivity contribution in [3.8, 4) is 11.4 Å². The number of nitrogens with zero attached hydrogens (tertiary/aromatic N) is 3. The Hall–Kier alpha value is -4.39. The van der Waals surface area contributed by atoms with Crippen molar-refractivity contribution in [1.82, 2.24) is 19.9 Å². The van der Waals surface area contributed by atoms with Gasteiger partial charge in [-0.25, -0.2) is 9.97 Å². The molecular formula is C29H29N5O2. The van der Waals surface area contributed by atoms with Crippen LogP contribution in [-0.4, -0.2) is 33.1 Å². The van der Waals surface area contributed by atoms with E-state index in [4.69, 9.17) is 20.4 Å². The Labute approximate surface area is 209 Å². The minimum atomic E-state index is -0.257. The molecule has 0 saturated heterocycles. The number of aryl methyl sites for hydroxylation is 1. The van der Waals surface area contributed by atoms with E-state index in [9.17, 15) is 4.79 Å². The Morgan fingerprint density at radius 3 is 2.33 bits per heavy atom. The monoisotopic (exact) mass is 479 g/mol. The van der Waals surface area contributed by atoms with Gasteiger partial charge in [0.1, 0.15) is 22.6 Å². The van der Waals surface area contributed by atoms with Crippen LogP contribution in [0, 0.1) is 0 Å². The van der Waals surface area contributed by atoms with Crippen molar-refractivity contribution in [1.29, 1.82) is 0 Å².